The summed E-state index contributed by atoms with van der Waals surface area (Å²) in [6, 6.07) is 4.43. The first-order chi connectivity index (χ1) is 14.5. The minimum absolute atomic E-state index is 0.124. The smallest absolute Gasteiger partial charge is 0.339 e. The molecule has 0 bridgehead atoms. The molecule has 0 unspecified atom stereocenters. The number of nitrogens with one attached hydrogen (secondary N) is 1. The number of halogens is 3. The summed E-state index contributed by atoms with van der Waals surface area (Å²) in [5.74, 6) is 0.847. The van der Waals surface area contributed by atoms with Crippen molar-refractivity contribution in [2.24, 2.45) is 0 Å². The van der Waals surface area contributed by atoms with Crippen LogP contribution in [0, 0.1) is 0 Å². The second kappa shape index (κ2) is 10.9. The van der Waals surface area contributed by atoms with E-state index in [9.17, 15) is 13.2 Å². The Balaban J connectivity index is 1.66. The SMILES string of the molecule is CCCCCCCCCc1ccc(-c2noc([C@@H]3CCCNC3)n2)cc1C(F)(F)F. The Morgan fingerprint density at radius 1 is 1.10 bits per heavy atom. The Morgan fingerprint density at radius 3 is 2.57 bits per heavy atom. The molecule has 0 radical (unpaired) electrons. The number of unbranched alkanes of at least 4 members (excludes halogenated alkanes) is 6. The lowest BCUT2D eigenvalue weighted by atomic mass is 9.97. The van der Waals surface area contributed by atoms with Crippen molar-refractivity contribution in [3.05, 3.63) is 35.2 Å². The summed E-state index contributed by atoms with van der Waals surface area (Å²) < 4.78 is 46.4. The van der Waals surface area contributed by atoms with Crippen molar-refractivity contribution in [3.63, 3.8) is 0 Å². The Morgan fingerprint density at radius 2 is 1.87 bits per heavy atom. The van der Waals surface area contributed by atoms with Crippen LogP contribution in [0.25, 0.3) is 11.4 Å². The van der Waals surface area contributed by atoms with Gasteiger partial charge in [-0.05, 0) is 43.9 Å². The average molecular weight is 424 g/mol. The molecule has 7 heteroatoms. The van der Waals surface area contributed by atoms with Gasteiger partial charge in [0.05, 0.1) is 11.5 Å². The van der Waals surface area contributed by atoms with Gasteiger partial charge in [0.2, 0.25) is 11.7 Å². The molecule has 0 aliphatic carbocycles. The molecule has 0 saturated carbocycles. The van der Waals surface area contributed by atoms with Crippen LogP contribution in [0.4, 0.5) is 13.2 Å². The van der Waals surface area contributed by atoms with Gasteiger partial charge in [-0.25, -0.2) is 0 Å². The lowest BCUT2D eigenvalue weighted by molar-refractivity contribution is -0.138. The second-order valence-electron chi connectivity index (χ2n) is 8.24. The van der Waals surface area contributed by atoms with E-state index in [-0.39, 0.29) is 11.7 Å². The van der Waals surface area contributed by atoms with E-state index in [1.54, 1.807) is 12.1 Å². The Bertz CT molecular complexity index is 782. The molecule has 4 nitrogen and oxygen atoms in total. The number of aromatic nitrogens is 2. The minimum Gasteiger partial charge on any atom is -0.339 e. The Hall–Kier alpha value is -1.89. The van der Waals surface area contributed by atoms with Crippen molar-refractivity contribution in [1.82, 2.24) is 15.5 Å². The molecule has 1 aliphatic rings. The quantitative estimate of drug-likeness (QED) is 0.442. The molecule has 2 heterocycles. The van der Waals surface area contributed by atoms with Gasteiger partial charge in [-0.3, -0.25) is 0 Å². The zero-order valence-corrected chi connectivity index (χ0v) is 17.7. The highest BCUT2D eigenvalue weighted by Crippen LogP contribution is 2.35. The molecule has 2 aromatic rings. The molecule has 166 valence electrons. The summed E-state index contributed by atoms with van der Waals surface area (Å²) in [4.78, 5) is 4.38. The van der Waals surface area contributed by atoms with Crippen LogP contribution in [0.2, 0.25) is 0 Å². The van der Waals surface area contributed by atoms with Gasteiger partial charge >= 0.3 is 6.18 Å². The third-order valence-electron chi connectivity index (χ3n) is 5.81. The van der Waals surface area contributed by atoms with Gasteiger partial charge in [0.25, 0.3) is 0 Å². The molecule has 0 amide bonds. The monoisotopic (exact) mass is 423 g/mol. The number of alkyl halides is 3. The van der Waals surface area contributed by atoms with E-state index >= 15 is 0 Å². The molecule has 1 saturated heterocycles. The van der Waals surface area contributed by atoms with E-state index in [4.69, 9.17) is 4.52 Å². The predicted octanol–water partition coefficient (Wildman–Crippen LogP) is 6.52. The van der Waals surface area contributed by atoms with E-state index in [1.165, 1.54) is 25.3 Å². The van der Waals surface area contributed by atoms with Crippen LogP contribution in [-0.4, -0.2) is 23.2 Å². The van der Waals surface area contributed by atoms with Gasteiger partial charge in [0.15, 0.2) is 0 Å². The zero-order valence-electron chi connectivity index (χ0n) is 17.7. The molecule has 30 heavy (non-hydrogen) atoms. The van der Waals surface area contributed by atoms with Crippen LogP contribution < -0.4 is 5.32 Å². The molecule has 1 aromatic heterocycles. The molecule has 1 atom stereocenters. The topological polar surface area (TPSA) is 51.0 Å². The van der Waals surface area contributed by atoms with Crippen molar-refractivity contribution in [2.45, 2.75) is 83.2 Å². The van der Waals surface area contributed by atoms with Gasteiger partial charge in [-0.2, -0.15) is 18.2 Å². The predicted molar refractivity (Wildman–Crippen MR) is 111 cm³/mol. The van der Waals surface area contributed by atoms with E-state index in [2.05, 4.69) is 22.4 Å². The summed E-state index contributed by atoms with van der Waals surface area (Å²) in [5.41, 5.74) is 0.112. The molecular weight excluding hydrogens is 391 g/mol. The molecule has 0 spiro atoms. The molecular formula is C23H32F3N3O. The maximum Gasteiger partial charge on any atom is 0.416 e. The van der Waals surface area contributed by atoms with E-state index < -0.39 is 11.7 Å². The first-order valence-electron chi connectivity index (χ1n) is 11.2. The lowest BCUT2D eigenvalue weighted by Gasteiger charge is -2.18. The summed E-state index contributed by atoms with van der Waals surface area (Å²) in [5, 5.41) is 7.22. The highest BCUT2D eigenvalue weighted by molar-refractivity contribution is 5.57. The maximum atomic E-state index is 13.7. The van der Waals surface area contributed by atoms with Crippen molar-refractivity contribution in [3.8, 4) is 11.4 Å². The largest absolute Gasteiger partial charge is 0.416 e. The standard InChI is InChI=1S/C23H32F3N3O/c1-2-3-4-5-6-7-8-10-17-12-13-18(15-20(17)23(24,25)26)21-28-22(30-29-21)19-11-9-14-27-16-19/h12-13,15,19,27H,2-11,14,16H2,1H3/t19-/m1/s1. The summed E-state index contributed by atoms with van der Waals surface area (Å²) in [6.45, 7) is 3.89. The fraction of sp³-hybridized carbons (Fsp3) is 0.652. The van der Waals surface area contributed by atoms with Crippen LogP contribution in [0.5, 0.6) is 0 Å². The van der Waals surface area contributed by atoms with Gasteiger partial charge in [0.1, 0.15) is 0 Å². The number of aryl methyl sites for hydroxylation is 1. The van der Waals surface area contributed by atoms with Gasteiger partial charge in [-0.15, -0.1) is 0 Å². The van der Waals surface area contributed by atoms with E-state index in [0.717, 1.165) is 51.6 Å². The third-order valence-corrected chi connectivity index (χ3v) is 5.81. The number of rotatable bonds is 10. The number of piperidine rings is 1. The second-order valence-corrected chi connectivity index (χ2v) is 8.24. The fourth-order valence-corrected chi connectivity index (χ4v) is 4.05. The van der Waals surface area contributed by atoms with Crippen LogP contribution >= 0.6 is 0 Å². The average Bonchev–Trinajstić information content (AvgIpc) is 3.23. The summed E-state index contributed by atoms with van der Waals surface area (Å²) >= 11 is 0. The maximum absolute atomic E-state index is 13.7. The Labute approximate surface area is 176 Å². The highest BCUT2D eigenvalue weighted by Gasteiger charge is 2.34. The van der Waals surface area contributed by atoms with Crippen molar-refractivity contribution >= 4 is 0 Å². The van der Waals surface area contributed by atoms with Gasteiger partial charge in [-0.1, -0.05) is 62.7 Å². The van der Waals surface area contributed by atoms with Gasteiger partial charge < -0.3 is 9.84 Å². The van der Waals surface area contributed by atoms with Crippen LogP contribution in [0.15, 0.2) is 22.7 Å². The third kappa shape index (κ3) is 6.30. The molecule has 1 N–H and O–H groups in total. The van der Waals surface area contributed by atoms with Crippen molar-refractivity contribution in [2.75, 3.05) is 13.1 Å². The fourth-order valence-electron chi connectivity index (χ4n) is 4.05. The summed E-state index contributed by atoms with van der Waals surface area (Å²) in [6.07, 6.45) is 5.63. The van der Waals surface area contributed by atoms with E-state index in [1.807, 2.05) is 0 Å². The molecule has 1 aromatic carbocycles. The lowest BCUT2D eigenvalue weighted by Crippen LogP contribution is -2.28. The molecule has 3 rings (SSSR count). The van der Waals surface area contributed by atoms with Crippen LogP contribution in [-0.2, 0) is 12.6 Å². The summed E-state index contributed by atoms with van der Waals surface area (Å²) in [7, 11) is 0. The van der Waals surface area contributed by atoms with Crippen molar-refractivity contribution in [1.29, 1.82) is 0 Å². The van der Waals surface area contributed by atoms with E-state index in [0.29, 0.717) is 23.4 Å². The molecule has 1 aliphatic heterocycles. The van der Waals surface area contributed by atoms with Crippen LogP contribution in [0.1, 0.15) is 87.6 Å². The zero-order chi connectivity index (χ0) is 21.4. The van der Waals surface area contributed by atoms with Crippen molar-refractivity contribution < 1.29 is 17.7 Å². The first-order valence-corrected chi connectivity index (χ1v) is 11.2. The number of hydrogen-bond donors (Lipinski definition) is 1. The highest BCUT2D eigenvalue weighted by atomic mass is 19.4. The first kappa shape index (κ1) is 22.8. The van der Waals surface area contributed by atoms with Gasteiger partial charge in [0, 0.05) is 12.1 Å². The van der Waals surface area contributed by atoms with Crippen LogP contribution in [0.3, 0.4) is 0 Å². The number of nitrogens with zero attached hydrogens (tertiary/aromatic N) is 2. The number of hydrogen-bond acceptors (Lipinski definition) is 4. The minimum atomic E-state index is -4.40. The molecule has 1 fully saturated rings. The number of benzene rings is 1. The normalized spacial score (nSPS) is 17.4. The Kier molecular flexibility index (Phi) is 8.31.